The van der Waals surface area contributed by atoms with Gasteiger partial charge in [-0.05, 0) is 54.4 Å². The van der Waals surface area contributed by atoms with Gasteiger partial charge in [-0.2, -0.15) is 0 Å². The SMILES string of the molecule is O=C1SC(=Cc2ccccc2F)C(=O)N1CCNC(=O)C1(c2cccc(F)c2)CCC1. The van der Waals surface area contributed by atoms with Crippen LogP contribution in [0.3, 0.4) is 0 Å². The first-order chi connectivity index (χ1) is 14.9. The van der Waals surface area contributed by atoms with Crippen LogP contribution in [0.4, 0.5) is 13.6 Å². The van der Waals surface area contributed by atoms with Crippen molar-refractivity contribution in [1.29, 1.82) is 0 Å². The predicted molar refractivity (Wildman–Crippen MR) is 114 cm³/mol. The lowest BCUT2D eigenvalue weighted by molar-refractivity contribution is -0.130. The molecule has 0 unspecified atom stereocenters. The normalized spacial score (nSPS) is 18.9. The predicted octanol–water partition coefficient (Wildman–Crippen LogP) is 4.24. The van der Waals surface area contributed by atoms with Crippen LogP contribution in [0, 0.1) is 11.6 Å². The molecule has 0 bridgehead atoms. The molecule has 1 N–H and O–H groups in total. The number of carbonyl (C=O) groups is 3. The van der Waals surface area contributed by atoms with Gasteiger partial charge in [0.05, 0.1) is 10.3 Å². The Morgan fingerprint density at radius 1 is 1.13 bits per heavy atom. The first-order valence-electron chi connectivity index (χ1n) is 9.95. The minimum Gasteiger partial charge on any atom is -0.354 e. The quantitative estimate of drug-likeness (QED) is 0.680. The summed E-state index contributed by atoms with van der Waals surface area (Å²) in [5.74, 6) is -1.63. The van der Waals surface area contributed by atoms with Crippen LogP contribution in [0.2, 0.25) is 0 Å². The van der Waals surface area contributed by atoms with Gasteiger partial charge in [0.1, 0.15) is 11.6 Å². The minimum atomic E-state index is -0.772. The van der Waals surface area contributed by atoms with E-state index in [9.17, 15) is 23.2 Å². The van der Waals surface area contributed by atoms with E-state index in [0.717, 1.165) is 23.1 Å². The van der Waals surface area contributed by atoms with Gasteiger partial charge < -0.3 is 5.32 Å². The second-order valence-corrected chi connectivity index (χ2v) is 8.55. The average molecular weight is 442 g/mol. The van der Waals surface area contributed by atoms with Crippen LogP contribution < -0.4 is 5.32 Å². The highest BCUT2D eigenvalue weighted by molar-refractivity contribution is 8.18. The molecule has 0 aromatic heterocycles. The summed E-state index contributed by atoms with van der Waals surface area (Å²) in [6.45, 7) is 0.0885. The number of carbonyl (C=O) groups excluding carboxylic acids is 3. The molecule has 2 aromatic carbocycles. The molecule has 2 aromatic rings. The molecule has 2 aliphatic rings. The molecular weight excluding hydrogens is 422 g/mol. The molecule has 4 rings (SSSR count). The van der Waals surface area contributed by atoms with Crippen LogP contribution in [0.25, 0.3) is 6.08 Å². The smallest absolute Gasteiger partial charge is 0.293 e. The van der Waals surface area contributed by atoms with Crippen LogP contribution in [-0.2, 0) is 15.0 Å². The van der Waals surface area contributed by atoms with Crippen LogP contribution in [-0.4, -0.2) is 35.0 Å². The van der Waals surface area contributed by atoms with Gasteiger partial charge >= 0.3 is 0 Å². The largest absolute Gasteiger partial charge is 0.354 e. The van der Waals surface area contributed by atoms with E-state index in [1.807, 2.05) is 0 Å². The van der Waals surface area contributed by atoms with E-state index in [2.05, 4.69) is 5.32 Å². The fourth-order valence-electron chi connectivity index (χ4n) is 3.84. The Balaban J connectivity index is 1.39. The summed E-state index contributed by atoms with van der Waals surface area (Å²) in [5, 5.41) is 2.32. The van der Waals surface area contributed by atoms with Crippen molar-refractivity contribution < 1.29 is 23.2 Å². The molecule has 0 radical (unpaired) electrons. The van der Waals surface area contributed by atoms with E-state index in [1.54, 1.807) is 24.3 Å². The number of rotatable bonds is 6. The van der Waals surface area contributed by atoms with Crippen LogP contribution >= 0.6 is 11.8 Å². The highest BCUT2D eigenvalue weighted by atomic mass is 32.2. The fraction of sp³-hybridized carbons (Fsp3) is 0.261. The van der Waals surface area contributed by atoms with Crippen molar-refractivity contribution in [2.45, 2.75) is 24.7 Å². The van der Waals surface area contributed by atoms with Crippen LogP contribution in [0.5, 0.6) is 0 Å². The minimum absolute atomic E-state index is 0.00422. The highest BCUT2D eigenvalue weighted by Crippen LogP contribution is 2.44. The Kier molecular flexibility index (Phi) is 5.91. The zero-order chi connectivity index (χ0) is 22.0. The van der Waals surface area contributed by atoms with Crippen molar-refractivity contribution in [2.24, 2.45) is 0 Å². The monoisotopic (exact) mass is 442 g/mol. The van der Waals surface area contributed by atoms with Crippen molar-refractivity contribution in [3.8, 4) is 0 Å². The van der Waals surface area contributed by atoms with E-state index in [4.69, 9.17) is 0 Å². The summed E-state index contributed by atoms with van der Waals surface area (Å²) in [6, 6.07) is 12.0. The first-order valence-corrected chi connectivity index (χ1v) is 10.8. The van der Waals surface area contributed by atoms with E-state index >= 15 is 0 Å². The fourth-order valence-corrected chi connectivity index (χ4v) is 4.70. The zero-order valence-electron chi connectivity index (χ0n) is 16.6. The van der Waals surface area contributed by atoms with Gasteiger partial charge in [-0.3, -0.25) is 19.3 Å². The van der Waals surface area contributed by atoms with Crippen molar-refractivity contribution in [3.63, 3.8) is 0 Å². The lowest BCUT2D eigenvalue weighted by Crippen LogP contribution is -2.50. The van der Waals surface area contributed by atoms with Gasteiger partial charge in [-0.15, -0.1) is 0 Å². The maximum Gasteiger partial charge on any atom is 0.293 e. The molecule has 1 aliphatic carbocycles. The molecule has 5 nitrogen and oxygen atoms in total. The van der Waals surface area contributed by atoms with Gasteiger partial charge in [0, 0.05) is 18.7 Å². The van der Waals surface area contributed by atoms with Crippen molar-refractivity contribution in [2.75, 3.05) is 13.1 Å². The lowest BCUT2D eigenvalue weighted by atomic mass is 9.64. The molecule has 1 aliphatic heterocycles. The van der Waals surface area contributed by atoms with Crippen LogP contribution in [0.1, 0.15) is 30.4 Å². The molecule has 1 heterocycles. The summed E-state index contributed by atoms with van der Waals surface area (Å²) < 4.78 is 27.5. The Bertz CT molecular complexity index is 1080. The molecule has 3 amide bonds. The molecular formula is C23H20F2N2O3S. The molecule has 0 atom stereocenters. The number of hydrogen-bond donors (Lipinski definition) is 1. The van der Waals surface area contributed by atoms with Gasteiger partial charge in [0.15, 0.2) is 0 Å². The third kappa shape index (κ3) is 4.12. The first kappa shape index (κ1) is 21.2. The van der Waals surface area contributed by atoms with Crippen molar-refractivity contribution in [1.82, 2.24) is 10.2 Å². The number of hydrogen-bond acceptors (Lipinski definition) is 4. The number of imide groups is 1. The number of thioether (sulfide) groups is 1. The lowest BCUT2D eigenvalue weighted by Gasteiger charge is -2.40. The Labute approximate surface area is 182 Å². The second kappa shape index (κ2) is 8.63. The molecule has 160 valence electrons. The number of benzene rings is 2. The third-order valence-electron chi connectivity index (χ3n) is 5.71. The summed E-state index contributed by atoms with van der Waals surface area (Å²) in [4.78, 5) is 38.8. The van der Waals surface area contributed by atoms with Gasteiger partial charge in [-0.1, -0.05) is 36.8 Å². The number of nitrogens with one attached hydrogen (secondary N) is 1. The highest BCUT2D eigenvalue weighted by Gasteiger charge is 2.45. The molecule has 2 fully saturated rings. The molecule has 1 saturated carbocycles. The van der Waals surface area contributed by atoms with Crippen molar-refractivity contribution >= 4 is 34.9 Å². The van der Waals surface area contributed by atoms with E-state index in [-0.39, 0.29) is 29.5 Å². The zero-order valence-corrected chi connectivity index (χ0v) is 17.4. The maximum atomic E-state index is 13.8. The third-order valence-corrected chi connectivity index (χ3v) is 6.61. The van der Waals surface area contributed by atoms with E-state index in [0.29, 0.717) is 18.4 Å². The summed E-state index contributed by atoms with van der Waals surface area (Å²) in [7, 11) is 0. The van der Waals surface area contributed by atoms with Gasteiger partial charge in [-0.25, -0.2) is 8.78 Å². The molecule has 8 heteroatoms. The van der Waals surface area contributed by atoms with Crippen LogP contribution in [0.15, 0.2) is 53.4 Å². The maximum absolute atomic E-state index is 13.8. The van der Waals surface area contributed by atoms with Gasteiger partial charge in [0.2, 0.25) is 5.91 Å². The molecule has 31 heavy (non-hydrogen) atoms. The number of amides is 3. The summed E-state index contributed by atoms with van der Waals surface area (Å²) >= 11 is 0.741. The Hall–Kier alpha value is -3.00. The summed E-state index contributed by atoms with van der Waals surface area (Å²) in [5.41, 5.74) is 0.0877. The topological polar surface area (TPSA) is 66.5 Å². The second-order valence-electron chi connectivity index (χ2n) is 7.56. The number of nitrogens with zero attached hydrogens (tertiary/aromatic N) is 1. The summed E-state index contributed by atoms with van der Waals surface area (Å²) in [6.07, 6.45) is 3.46. The van der Waals surface area contributed by atoms with Crippen molar-refractivity contribution in [3.05, 3.63) is 76.2 Å². The van der Waals surface area contributed by atoms with E-state index < -0.39 is 28.2 Å². The average Bonchev–Trinajstić information content (AvgIpc) is 2.96. The Morgan fingerprint density at radius 3 is 2.58 bits per heavy atom. The molecule has 0 spiro atoms. The number of halogens is 2. The Morgan fingerprint density at radius 2 is 1.90 bits per heavy atom. The molecule has 1 saturated heterocycles. The van der Waals surface area contributed by atoms with Gasteiger partial charge in [0.25, 0.3) is 11.1 Å². The van der Waals surface area contributed by atoms with E-state index in [1.165, 1.54) is 30.3 Å². The standard InChI is InChI=1S/C23H20F2N2O3S/c24-17-7-3-6-16(14-17)23(9-4-10-23)21(29)26-11-12-27-20(28)19(31-22(27)30)13-15-5-1-2-8-18(15)25/h1-3,5-8,13-14H,4,9-12H2,(H,26,29).